The molecule has 26 heavy (non-hydrogen) atoms. The number of carbonyl (C=O) groups is 1. The summed E-state index contributed by atoms with van der Waals surface area (Å²) in [7, 11) is 0. The van der Waals surface area contributed by atoms with Gasteiger partial charge in [-0.3, -0.25) is 4.79 Å². The van der Waals surface area contributed by atoms with Gasteiger partial charge in [-0.05, 0) is 48.9 Å². The number of anilines is 2. The van der Waals surface area contributed by atoms with Gasteiger partial charge in [0.1, 0.15) is 5.82 Å². The number of carbonyl (C=O) groups excluding carboxylic acids is 1. The molecule has 1 heterocycles. The fourth-order valence-electron chi connectivity index (χ4n) is 3.25. The molecule has 138 valence electrons. The molecule has 1 N–H and O–H groups in total. The predicted molar refractivity (Wildman–Crippen MR) is 104 cm³/mol. The van der Waals surface area contributed by atoms with E-state index in [9.17, 15) is 9.18 Å². The fraction of sp³-hybridized carbons (Fsp3) is 0.381. The molecule has 0 aliphatic carbocycles. The minimum atomic E-state index is -0.257. The van der Waals surface area contributed by atoms with Crippen LogP contribution in [-0.2, 0) is 11.2 Å². The van der Waals surface area contributed by atoms with Gasteiger partial charge in [0, 0.05) is 44.0 Å². The van der Waals surface area contributed by atoms with Crippen LogP contribution in [0.4, 0.5) is 15.8 Å². The molecule has 4 nitrogen and oxygen atoms in total. The number of likely N-dealkylation sites (N-methyl/N-ethyl adjacent to an activating group) is 1. The SMILES string of the molecule is CCN1CCN(c2ccc(NC(=O)CCc3ccccc3F)cc2)CC1. The van der Waals surface area contributed by atoms with E-state index in [1.807, 2.05) is 24.3 Å². The Hall–Kier alpha value is -2.40. The maximum absolute atomic E-state index is 13.6. The third-order valence-electron chi connectivity index (χ3n) is 4.91. The van der Waals surface area contributed by atoms with E-state index >= 15 is 0 Å². The molecular weight excluding hydrogens is 329 g/mol. The number of piperazine rings is 1. The first-order chi connectivity index (χ1) is 12.7. The Bertz CT molecular complexity index is 724. The molecule has 1 aliphatic rings. The molecule has 2 aromatic carbocycles. The molecule has 1 saturated heterocycles. The van der Waals surface area contributed by atoms with Crippen LogP contribution in [0.3, 0.4) is 0 Å². The topological polar surface area (TPSA) is 35.6 Å². The zero-order chi connectivity index (χ0) is 18.4. The third kappa shape index (κ3) is 4.82. The Morgan fingerprint density at radius 3 is 2.38 bits per heavy atom. The van der Waals surface area contributed by atoms with E-state index in [2.05, 4.69) is 22.0 Å². The summed E-state index contributed by atoms with van der Waals surface area (Å²) in [6.45, 7) is 7.53. The van der Waals surface area contributed by atoms with Gasteiger partial charge >= 0.3 is 0 Å². The molecule has 1 fully saturated rings. The van der Waals surface area contributed by atoms with Gasteiger partial charge < -0.3 is 15.1 Å². The molecule has 0 spiro atoms. The first-order valence-electron chi connectivity index (χ1n) is 9.26. The van der Waals surface area contributed by atoms with Gasteiger partial charge in [0.05, 0.1) is 0 Å². The first-order valence-corrected chi connectivity index (χ1v) is 9.26. The molecule has 0 unspecified atom stereocenters. The number of amides is 1. The maximum Gasteiger partial charge on any atom is 0.224 e. The molecule has 5 heteroatoms. The molecule has 1 aliphatic heterocycles. The summed E-state index contributed by atoms with van der Waals surface area (Å²) < 4.78 is 13.6. The van der Waals surface area contributed by atoms with Crippen LogP contribution < -0.4 is 10.2 Å². The van der Waals surface area contributed by atoms with E-state index in [0.717, 1.165) is 38.4 Å². The lowest BCUT2D eigenvalue weighted by molar-refractivity contribution is -0.116. The largest absolute Gasteiger partial charge is 0.369 e. The summed E-state index contributed by atoms with van der Waals surface area (Å²) >= 11 is 0. The van der Waals surface area contributed by atoms with Crippen molar-refractivity contribution in [3.8, 4) is 0 Å². The number of nitrogens with one attached hydrogen (secondary N) is 1. The summed E-state index contributed by atoms with van der Waals surface area (Å²) in [4.78, 5) is 16.9. The Morgan fingerprint density at radius 1 is 1.04 bits per heavy atom. The zero-order valence-corrected chi connectivity index (χ0v) is 15.2. The molecule has 2 aromatic rings. The van der Waals surface area contributed by atoms with E-state index in [1.165, 1.54) is 11.8 Å². The summed E-state index contributed by atoms with van der Waals surface area (Å²) in [5.41, 5.74) is 2.54. The second kappa shape index (κ2) is 8.81. The van der Waals surface area contributed by atoms with Gasteiger partial charge in [0.2, 0.25) is 5.91 Å². The highest BCUT2D eigenvalue weighted by molar-refractivity contribution is 5.91. The van der Waals surface area contributed by atoms with E-state index in [4.69, 9.17) is 0 Å². The second-order valence-electron chi connectivity index (χ2n) is 6.61. The molecule has 0 saturated carbocycles. The Kier molecular flexibility index (Phi) is 6.23. The van der Waals surface area contributed by atoms with Crippen molar-refractivity contribution in [2.24, 2.45) is 0 Å². The van der Waals surface area contributed by atoms with E-state index in [0.29, 0.717) is 12.0 Å². The lowest BCUT2D eigenvalue weighted by atomic mass is 10.1. The number of hydrogen-bond acceptors (Lipinski definition) is 3. The molecule has 0 aromatic heterocycles. The van der Waals surface area contributed by atoms with Gasteiger partial charge in [-0.25, -0.2) is 4.39 Å². The number of nitrogens with zero attached hydrogens (tertiary/aromatic N) is 2. The number of halogens is 1. The number of hydrogen-bond donors (Lipinski definition) is 1. The molecule has 1 amide bonds. The smallest absolute Gasteiger partial charge is 0.224 e. The molecule has 0 radical (unpaired) electrons. The standard InChI is InChI=1S/C21H26FN3O/c1-2-24-13-15-25(16-14-24)19-10-8-18(9-11-19)23-21(26)12-7-17-5-3-4-6-20(17)22/h3-6,8-11H,2,7,12-16H2,1H3,(H,23,26). The van der Waals surface area contributed by atoms with Gasteiger partial charge in [-0.2, -0.15) is 0 Å². The van der Waals surface area contributed by atoms with Crippen molar-refractivity contribution in [1.29, 1.82) is 0 Å². The first kappa shape index (κ1) is 18.4. The maximum atomic E-state index is 13.6. The van der Waals surface area contributed by atoms with Crippen molar-refractivity contribution < 1.29 is 9.18 Å². The van der Waals surface area contributed by atoms with Crippen molar-refractivity contribution in [3.63, 3.8) is 0 Å². The van der Waals surface area contributed by atoms with Crippen molar-refractivity contribution in [2.75, 3.05) is 42.9 Å². The Morgan fingerprint density at radius 2 is 1.73 bits per heavy atom. The summed E-state index contributed by atoms with van der Waals surface area (Å²) in [6.07, 6.45) is 0.667. The van der Waals surface area contributed by atoms with Gasteiger partial charge in [-0.1, -0.05) is 25.1 Å². The summed E-state index contributed by atoms with van der Waals surface area (Å²) in [6, 6.07) is 14.5. The summed E-state index contributed by atoms with van der Waals surface area (Å²) in [5, 5.41) is 2.89. The van der Waals surface area contributed by atoms with Crippen LogP contribution >= 0.6 is 0 Å². The lowest BCUT2D eigenvalue weighted by Crippen LogP contribution is -2.46. The minimum absolute atomic E-state index is 0.0995. The highest BCUT2D eigenvalue weighted by Crippen LogP contribution is 2.20. The molecule has 0 atom stereocenters. The number of benzene rings is 2. The molecule has 3 rings (SSSR count). The van der Waals surface area contributed by atoms with Crippen LogP contribution in [0.2, 0.25) is 0 Å². The zero-order valence-electron chi connectivity index (χ0n) is 15.2. The average molecular weight is 355 g/mol. The highest BCUT2D eigenvalue weighted by atomic mass is 19.1. The van der Waals surface area contributed by atoms with Crippen LogP contribution in [-0.4, -0.2) is 43.5 Å². The lowest BCUT2D eigenvalue weighted by Gasteiger charge is -2.35. The number of rotatable bonds is 6. The van der Waals surface area contributed by atoms with Crippen LogP contribution in [0.5, 0.6) is 0 Å². The fourth-order valence-corrected chi connectivity index (χ4v) is 3.25. The van der Waals surface area contributed by atoms with E-state index in [-0.39, 0.29) is 18.1 Å². The molecule has 0 bridgehead atoms. The van der Waals surface area contributed by atoms with Gasteiger partial charge in [-0.15, -0.1) is 0 Å². The van der Waals surface area contributed by atoms with E-state index < -0.39 is 0 Å². The van der Waals surface area contributed by atoms with Crippen LogP contribution in [0.15, 0.2) is 48.5 Å². The van der Waals surface area contributed by atoms with Crippen molar-refractivity contribution in [2.45, 2.75) is 19.8 Å². The van der Waals surface area contributed by atoms with Crippen LogP contribution in [0.1, 0.15) is 18.9 Å². The average Bonchev–Trinajstić information content (AvgIpc) is 2.68. The van der Waals surface area contributed by atoms with Crippen LogP contribution in [0.25, 0.3) is 0 Å². The minimum Gasteiger partial charge on any atom is -0.369 e. The summed E-state index contributed by atoms with van der Waals surface area (Å²) in [5.74, 6) is -0.356. The quantitative estimate of drug-likeness (QED) is 0.861. The van der Waals surface area contributed by atoms with Gasteiger partial charge in [0.25, 0.3) is 0 Å². The second-order valence-corrected chi connectivity index (χ2v) is 6.61. The Balaban J connectivity index is 1.49. The van der Waals surface area contributed by atoms with Crippen molar-refractivity contribution in [3.05, 3.63) is 59.9 Å². The van der Waals surface area contributed by atoms with E-state index in [1.54, 1.807) is 18.2 Å². The number of aryl methyl sites for hydroxylation is 1. The monoisotopic (exact) mass is 355 g/mol. The highest BCUT2D eigenvalue weighted by Gasteiger charge is 2.15. The Labute approximate surface area is 154 Å². The predicted octanol–water partition coefficient (Wildman–Crippen LogP) is 3.54. The van der Waals surface area contributed by atoms with Gasteiger partial charge in [0.15, 0.2) is 0 Å². The van der Waals surface area contributed by atoms with Crippen LogP contribution in [0, 0.1) is 5.82 Å². The third-order valence-corrected chi connectivity index (χ3v) is 4.91. The normalized spacial score (nSPS) is 15.1. The van der Waals surface area contributed by atoms with Crippen molar-refractivity contribution in [1.82, 2.24) is 4.90 Å². The molecular formula is C21H26FN3O. The van der Waals surface area contributed by atoms with Crippen molar-refractivity contribution >= 4 is 17.3 Å².